The van der Waals surface area contributed by atoms with Gasteiger partial charge in [0.15, 0.2) is 0 Å². The van der Waals surface area contributed by atoms with Crippen molar-refractivity contribution in [3.63, 3.8) is 0 Å². The summed E-state index contributed by atoms with van der Waals surface area (Å²) in [5.41, 5.74) is 15.2. The zero-order chi connectivity index (χ0) is 38.5. The van der Waals surface area contributed by atoms with Crippen molar-refractivity contribution in [3.8, 4) is 33.4 Å². The predicted octanol–water partition coefficient (Wildman–Crippen LogP) is 15.2. The molecule has 0 saturated carbocycles. The lowest BCUT2D eigenvalue weighted by molar-refractivity contribution is 0.768. The third-order valence-corrected chi connectivity index (χ3v) is 12.1. The van der Waals surface area contributed by atoms with E-state index in [9.17, 15) is 0 Å². The quantitative estimate of drug-likeness (QED) is 0.157. The Morgan fingerprint density at radius 2 is 0.810 bits per heavy atom. The van der Waals surface area contributed by atoms with Crippen LogP contribution in [-0.2, 0) is 5.41 Å². The van der Waals surface area contributed by atoms with Gasteiger partial charge in [-0.05, 0) is 120 Å². The van der Waals surface area contributed by atoms with E-state index in [0.717, 1.165) is 17.1 Å². The zero-order valence-electron chi connectivity index (χ0n) is 32.0. The number of hydrogen-bond donors (Lipinski definition) is 0. The molecule has 0 spiro atoms. The van der Waals surface area contributed by atoms with Crippen LogP contribution in [0.2, 0.25) is 0 Å². The van der Waals surface area contributed by atoms with Crippen molar-refractivity contribution in [2.24, 2.45) is 0 Å². The second-order valence-electron chi connectivity index (χ2n) is 15.3. The molecule has 0 N–H and O–H groups in total. The molecule has 0 radical (unpaired) electrons. The van der Waals surface area contributed by atoms with Gasteiger partial charge >= 0.3 is 0 Å². The van der Waals surface area contributed by atoms with E-state index in [1.807, 2.05) is 0 Å². The summed E-state index contributed by atoms with van der Waals surface area (Å²) in [6.45, 7) is 0. The molecule has 11 rings (SSSR count). The first-order valence-electron chi connectivity index (χ1n) is 20.1. The molecule has 0 saturated heterocycles. The summed E-state index contributed by atoms with van der Waals surface area (Å²) in [6, 6.07) is 86.9. The van der Waals surface area contributed by atoms with Gasteiger partial charge in [-0.25, -0.2) is 0 Å². The van der Waals surface area contributed by atoms with E-state index in [1.54, 1.807) is 0 Å². The molecule has 1 aliphatic carbocycles. The summed E-state index contributed by atoms with van der Waals surface area (Å²) >= 11 is 0. The van der Waals surface area contributed by atoms with E-state index in [-0.39, 0.29) is 0 Å². The van der Waals surface area contributed by atoms with Gasteiger partial charge in [-0.3, -0.25) is 0 Å². The van der Waals surface area contributed by atoms with Crippen LogP contribution in [0.4, 0.5) is 17.1 Å². The molecule has 0 atom stereocenters. The van der Waals surface area contributed by atoms with Crippen LogP contribution in [0, 0.1) is 0 Å². The lowest BCUT2D eigenvalue weighted by atomic mass is 9.67. The zero-order valence-corrected chi connectivity index (χ0v) is 32.0. The normalized spacial score (nSPS) is 12.6. The minimum atomic E-state index is -0.506. The van der Waals surface area contributed by atoms with Gasteiger partial charge in [0, 0.05) is 17.1 Å². The molecule has 0 heterocycles. The average Bonchev–Trinajstić information content (AvgIpc) is 3.60. The molecule has 0 amide bonds. The number of fused-ring (bicyclic) bond motifs is 5. The first-order chi connectivity index (χ1) is 28.8. The van der Waals surface area contributed by atoms with Crippen molar-refractivity contribution in [2.45, 2.75) is 5.41 Å². The van der Waals surface area contributed by atoms with Crippen LogP contribution in [0.15, 0.2) is 237 Å². The fourth-order valence-corrected chi connectivity index (χ4v) is 9.50. The van der Waals surface area contributed by atoms with E-state index in [2.05, 4.69) is 241 Å². The Kier molecular flexibility index (Phi) is 8.12. The summed E-state index contributed by atoms with van der Waals surface area (Å²) < 4.78 is 0. The van der Waals surface area contributed by atoms with Crippen molar-refractivity contribution in [1.82, 2.24) is 0 Å². The maximum absolute atomic E-state index is 2.46. The first kappa shape index (κ1) is 33.8. The number of benzene rings is 10. The first-order valence-corrected chi connectivity index (χ1v) is 20.1. The largest absolute Gasteiger partial charge is 0.310 e. The summed E-state index contributed by atoms with van der Waals surface area (Å²) in [5.74, 6) is 0. The smallest absolute Gasteiger partial charge is 0.0714 e. The van der Waals surface area contributed by atoms with Gasteiger partial charge in [-0.15, -0.1) is 0 Å². The van der Waals surface area contributed by atoms with Crippen LogP contribution in [0.1, 0.15) is 22.3 Å². The lowest BCUT2D eigenvalue weighted by Gasteiger charge is -2.35. The molecule has 58 heavy (non-hydrogen) atoms. The monoisotopic (exact) mass is 737 g/mol. The van der Waals surface area contributed by atoms with Gasteiger partial charge in [0.25, 0.3) is 0 Å². The fourth-order valence-electron chi connectivity index (χ4n) is 9.50. The van der Waals surface area contributed by atoms with Gasteiger partial charge in [0.1, 0.15) is 0 Å². The molecule has 0 aromatic heterocycles. The van der Waals surface area contributed by atoms with E-state index in [4.69, 9.17) is 0 Å². The van der Waals surface area contributed by atoms with Gasteiger partial charge in [0.2, 0.25) is 0 Å². The number of hydrogen-bond acceptors (Lipinski definition) is 1. The van der Waals surface area contributed by atoms with E-state index >= 15 is 0 Å². The van der Waals surface area contributed by atoms with Gasteiger partial charge < -0.3 is 4.90 Å². The lowest BCUT2D eigenvalue weighted by Crippen LogP contribution is -2.28. The van der Waals surface area contributed by atoms with Gasteiger partial charge in [-0.1, -0.05) is 194 Å². The molecule has 1 heteroatoms. The fraction of sp³-hybridized carbons (Fsp3) is 0.0175. The highest BCUT2D eigenvalue weighted by molar-refractivity contribution is 5.98. The molecule has 0 unspecified atom stereocenters. The predicted molar refractivity (Wildman–Crippen MR) is 244 cm³/mol. The number of nitrogens with zero attached hydrogens (tertiary/aromatic N) is 1. The summed E-state index contributed by atoms with van der Waals surface area (Å²) in [5, 5.41) is 4.97. The highest BCUT2D eigenvalue weighted by Gasteiger charge is 2.46. The topological polar surface area (TPSA) is 3.24 Å². The van der Waals surface area contributed by atoms with Crippen molar-refractivity contribution in [2.75, 3.05) is 4.90 Å². The third-order valence-electron chi connectivity index (χ3n) is 12.1. The van der Waals surface area contributed by atoms with Crippen LogP contribution in [0.3, 0.4) is 0 Å². The van der Waals surface area contributed by atoms with E-state index in [1.165, 1.54) is 77.2 Å². The Hall–Kier alpha value is -7.48. The van der Waals surface area contributed by atoms with Gasteiger partial charge in [0.05, 0.1) is 5.41 Å². The maximum atomic E-state index is 2.46. The Balaban J connectivity index is 1.15. The van der Waals surface area contributed by atoms with Crippen LogP contribution in [0.5, 0.6) is 0 Å². The highest BCUT2D eigenvalue weighted by atomic mass is 15.1. The molecular weight excluding hydrogens is 699 g/mol. The summed E-state index contributed by atoms with van der Waals surface area (Å²) in [6.07, 6.45) is 0. The average molecular weight is 738 g/mol. The SMILES string of the molecule is c1ccc(C2(c3ccccc3)c3ccccc3-c3ccc(N(c4cccc(-c5ccc6ccccc6c5)c4)c4cccc(-c5cccc6ccccc56)c4)cc32)cc1. The van der Waals surface area contributed by atoms with Crippen LogP contribution < -0.4 is 4.90 Å². The van der Waals surface area contributed by atoms with Crippen molar-refractivity contribution in [3.05, 3.63) is 259 Å². The molecule has 0 fully saturated rings. The molecule has 0 aliphatic heterocycles. The number of anilines is 3. The van der Waals surface area contributed by atoms with Crippen molar-refractivity contribution < 1.29 is 0 Å². The molecule has 0 bridgehead atoms. The van der Waals surface area contributed by atoms with Crippen molar-refractivity contribution >= 4 is 38.6 Å². The second-order valence-corrected chi connectivity index (χ2v) is 15.3. The van der Waals surface area contributed by atoms with Crippen LogP contribution >= 0.6 is 0 Å². The minimum Gasteiger partial charge on any atom is -0.310 e. The second kappa shape index (κ2) is 13.9. The van der Waals surface area contributed by atoms with E-state index in [0.29, 0.717) is 0 Å². The maximum Gasteiger partial charge on any atom is 0.0714 e. The Morgan fingerprint density at radius 1 is 0.276 bits per heavy atom. The Labute approximate surface area is 339 Å². The van der Waals surface area contributed by atoms with Crippen LogP contribution in [-0.4, -0.2) is 0 Å². The van der Waals surface area contributed by atoms with Crippen molar-refractivity contribution in [1.29, 1.82) is 0 Å². The van der Waals surface area contributed by atoms with Gasteiger partial charge in [-0.2, -0.15) is 0 Å². The Bertz CT molecular complexity index is 3080. The number of rotatable bonds is 7. The standard InChI is InChI=1S/C57H39N/c1-3-22-46(23-4-1)57(47-24-5-2-6-25-47)55-31-12-11-29-53(55)54-35-34-50(39-56(54)57)58(48-26-13-20-43(37-48)44-33-32-40-16-7-8-18-42(40)36-44)49-27-14-21-45(38-49)52-30-15-19-41-17-9-10-28-51(41)52/h1-39H. The minimum absolute atomic E-state index is 0.506. The molecule has 10 aromatic rings. The highest BCUT2D eigenvalue weighted by Crippen LogP contribution is 2.57. The summed E-state index contributed by atoms with van der Waals surface area (Å²) in [4.78, 5) is 2.45. The molecule has 1 nitrogen and oxygen atoms in total. The summed E-state index contributed by atoms with van der Waals surface area (Å²) in [7, 11) is 0. The molecule has 272 valence electrons. The molecule has 1 aliphatic rings. The third kappa shape index (κ3) is 5.47. The molecular formula is C57H39N. The van der Waals surface area contributed by atoms with Crippen LogP contribution in [0.25, 0.3) is 54.9 Å². The molecule has 10 aromatic carbocycles. The Morgan fingerprint density at radius 3 is 1.59 bits per heavy atom. The van der Waals surface area contributed by atoms with E-state index < -0.39 is 5.41 Å².